The fourth-order valence-corrected chi connectivity index (χ4v) is 1.59. The molecule has 0 saturated carbocycles. The van der Waals surface area contributed by atoms with Crippen molar-refractivity contribution in [3.05, 3.63) is 11.3 Å². The molecule has 1 heterocycles. The molecule has 0 spiro atoms. The van der Waals surface area contributed by atoms with Gasteiger partial charge in [-0.15, -0.1) is 0 Å². The second kappa shape index (κ2) is 6.24. The number of hydrogen-bond donors (Lipinski definition) is 2. The van der Waals surface area contributed by atoms with Crippen molar-refractivity contribution >= 4 is 29.1 Å². The van der Waals surface area contributed by atoms with E-state index < -0.39 is 0 Å². The highest BCUT2D eigenvalue weighted by atomic mass is 35.5. The molecular weight excluding hydrogens is 242 g/mol. The largest absolute Gasteiger partial charge is 0.382 e. The molecule has 3 N–H and O–H groups in total. The second-order valence-corrected chi connectivity index (χ2v) is 3.87. The smallest absolute Gasteiger partial charge is 0.239 e. The Kier molecular flexibility index (Phi) is 4.96. The Morgan fingerprint density at radius 1 is 1.59 bits per heavy atom. The van der Waals surface area contributed by atoms with Gasteiger partial charge in [0.05, 0.1) is 6.54 Å². The van der Waals surface area contributed by atoms with Gasteiger partial charge in [-0.1, -0.05) is 18.5 Å². The molecule has 1 amide bonds. The predicted octanol–water partition coefficient (Wildman–Crippen LogP) is 0.675. The number of hydrogen-bond acceptors (Lipinski definition) is 5. The summed E-state index contributed by atoms with van der Waals surface area (Å²) >= 11 is 6.03. The van der Waals surface area contributed by atoms with Crippen molar-refractivity contribution in [3.63, 3.8) is 0 Å². The Labute approximate surface area is 105 Å². The Hall–Kier alpha value is -1.56. The third kappa shape index (κ3) is 3.45. The number of halogens is 1. The highest BCUT2D eigenvalue weighted by molar-refractivity contribution is 6.35. The van der Waals surface area contributed by atoms with E-state index in [-0.39, 0.29) is 23.3 Å². The van der Waals surface area contributed by atoms with Gasteiger partial charge in [0.2, 0.25) is 5.91 Å². The lowest BCUT2D eigenvalue weighted by Gasteiger charge is -2.23. The topological polar surface area (TPSA) is 84.1 Å². The third-order valence-corrected chi connectivity index (χ3v) is 2.57. The molecule has 0 unspecified atom stereocenters. The van der Waals surface area contributed by atoms with Crippen LogP contribution in [0.3, 0.4) is 0 Å². The molecule has 1 aromatic heterocycles. The Morgan fingerprint density at radius 3 is 2.88 bits per heavy atom. The Bertz CT molecular complexity index is 398. The van der Waals surface area contributed by atoms with Gasteiger partial charge in [-0.2, -0.15) is 0 Å². The van der Waals surface area contributed by atoms with Crippen LogP contribution in [0.15, 0.2) is 6.33 Å². The summed E-state index contributed by atoms with van der Waals surface area (Å²) < 4.78 is 0. The fraction of sp³-hybridized carbons (Fsp3) is 0.500. The minimum Gasteiger partial charge on any atom is -0.382 e. The van der Waals surface area contributed by atoms with Crippen LogP contribution in [0.5, 0.6) is 0 Å². The number of carbonyl (C=O) groups excluding carboxylic acids is 1. The molecule has 0 aliphatic carbocycles. The molecule has 0 radical (unpaired) electrons. The molecule has 0 aliphatic heterocycles. The van der Waals surface area contributed by atoms with Gasteiger partial charge in [0.15, 0.2) is 5.82 Å². The van der Waals surface area contributed by atoms with Crippen LogP contribution in [0.25, 0.3) is 0 Å². The minimum absolute atomic E-state index is 0.105. The Balaban J connectivity index is 2.96. The predicted molar refractivity (Wildman–Crippen MR) is 68.0 cm³/mol. The van der Waals surface area contributed by atoms with E-state index in [1.807, 2.05) is 6.92 Å². The van der Waals surface area contributed by atoms with Gasteiger partial charge in [0, 0.05) is 13.6 Å². The first-order valence-electron chi connectivity index (χ1n) is 5.31. The van der Waals surface area contributed by atoms with E-state index in [9.17, 15) is 4.79 Å². The zero-order valence-corrected chi connectivity index (χ0v) is 10.7. The highest BCUT2D eigenvalue weighted by Gasteiger charge is 2.16. The van der Waals surface area contributed by atoms with Crippen LogP contribution in [0.4, 0.5) is 11.6 Å². The molecule has 94 valence electrons. The minimum atomic E-state index is -0.105. The van der Waals surface area contributed by atoms with Gasteiger partial charge in [-0.3, -0.25) is 4.79 Å². The maximum Gasteiger partial charge on any atom is 0.239 e. The average Bonchev–Trinajstić information content (AvgIpc) is 2.32. The van der Waals surface area contributed by atoms with Crippen LogP contribution in [0.2, 0.25) is 5.02 Å². The summed E-state index contributed by atoms with van der Waals surface area (Å²) in [6.07, 6.45) is 2.21. The first kappa shape index (κ1) is 13.5. The quantitative estimate of drug-likeness (QED) is 0.810. The summed E-state index contributed by atoms with van der Waals surface area (Å²) in [5.74, 6) is 0.603. The second-order valence-electron chi connectivity index (χ2n) is 3.49. The van der Waals surface area contributed by atoms with E-state index in [2.05, 4.69) is 15.3 Å². The summed E-state index contributed by atoms with van der Waals surface area (Å²) in [4.78, 5) is 21.0. The van der Waals surface area contributed by atoms with E-state index in [1.165, 1.54) is 6.33 Å². The molecule has 0 saturated heterocycles. The number of nitrogens with one attached hydrogen (secondary N) is 1. The van der Waals surface area contributed by atoms with E-state index in [4.69, 9.17) is 17.3 Å². The number of amides is 1. The number of rotatable bonds is 5. The number of likely N-dealkylation sites (N-methyl/N-ethyl adjacent to an activating group) is 1. The van der Waals surface area contributed by atoms with Crippen LogP contribution in [0.1, 0.15) is 13.3 Å². The number of nitrogen functional groups attached to an aromatic ring is 1. The number of carbonyl (C=O) groups is 1. The van der Waals surface area contributed by atoms with Crippen LogP contribution in [-0.4, -0.2) is 36.0 Å². The van der Waals surface area contributed by atoms with Crippen LogP contribution in [0, 0.1) is 0 Å². The molecule has 7 heteroatoms. The van der Waals surface area contributed by atoms with E-state index in [1.54, 1.807) is 11.9 Å². The molecule has 0 aliphatic rings. The van der Waals surface area contributed by atoms with Gasteiger partial charge in [0.1, 0.15) is 17.2 Å². The zero-order valence-electron chi connectivity index (χ0n) is 9.90. The molecule has 17 heavy (non-hydrogen) atoms. The summed E-state index contributed by atoms with van der Waals surface area (Å²) in [6, 6.07) is 0. The summed E-state index contributed by atoms with van der Waals surface area (Å²) in [6.45, 7) is 2.87. The van der Waals surface area contributed by atoms with Gasteiger partial charge in [-0.05, 0) is 6.42 Å². The molecule has 1 aromatic rings. The lowest BCUT2D eigenvalue weighted by atomic mass is 10.3. The number of aromatic nitrogens is 2. The van der Waals surface area contributed by atoms with Gasteiger partial charge in [0.25, 0.3) is 0 Å². The molecule has 0 aromatic carbocycles. The molecule has 6 nitrogen and oxygen atoms in total. The number of anilines is 2. The normalized spacial score (nSPS) is 10.1. The lowest BCUT2D eigenvalue weighted by Crippen LogP contribution is -2.36. The van der Waals surface area contributed by atoms with Crippen molar-refractivity contribution < 1.29 is 4.79 Å². The van der Waals surface area contributed by atoms with E-state index in [0.29, 0.717) is 12.4 Å². The molecule has 1 rings (SSSR count). The zero-order chi connectivity index (χ0) is 12.8. The molecule has 0 fully saturated rings. The third-order valence-electron chi connectivity index (χ3n) is 2.20. The molecule has 0 bridgehead atoms. The molecular formula is C10H16ClN5O. The van der Waals surface area contributed by atoms with Crippen molar-refractivity contribution in [3.8, 4) is 0 Å². The van der Waals surface area contributed by atoms with Crippen LogP contribution >= 0.6 is 11.6 Å². The molecule has 0 atom stereocenters. The van der Waals surface area contributed by atoms with Crippen LogP contribution in [-0.2, 0) is 4.79 Å². The van der Waals surface area contributed by atoms with Crippen molar-refractivity contribution in [1.29, 1.82) is 0 Å². The maximum absolute atomic E-state index is 11.4. The summed E-state index contributed by atoms with van der Waals surface area (Å²) in [7, 11) is 1.59. The lowest BCUT2D eigenvalue weighted by molar-refractivity contribution is -0.119. The van der Waals surface area contributed by atoms with E-state index in [0.717, 1.165) is 6.42 Å². The Morgan fingerprint density at radius 2 is 2.29 bits per heavy atom. The van der Waals surface area contributed by atoms with Crippen molar-refractivity contribution in [2.45, 2.75) is 13.3 Å². The van der Waals surface area contributed by atoms with Gasteiger partial charge in [-0.25, -0.2) is 9.97 Å². The average molecular weight is 258 g/mol. The fourth-order valence-electron chi connectivity index (χ4n) is 1.38. The first-order chi connectivity index (χ1) is 8.10. The van der Waals surface area contributed by atoms with Gasteiger partial charge >= 0.3 is 0 Å². The highest BCUT2D eigenvalue weighted by Crippen LogP contribution is 2.26. The van der Waals surface area contributed by atoms with Crippen molar-refractivity contribution in [2.75, 3.05) is 30.8 Å². The number of nitrogens with zero attached hydrogens (tertiary/aromatic N) is 3. The van der Waals surface area contributed by atoms with Crippen molar-refractivity contribution in [1.82, 2.24) is 15.3 Å². The standard InChI is InChI=1S/C10H16ClN5O/c1-3-4-16(5-7(17)13-2)10-8(11)9(12)14-6-15-10/h6H,3-5H2,1-2H3,(H,13,17)(H2,12,14,15). The monoisotopic (exact) mass is 257 g/mol. The van der Waals surface area contributed by atoms with Crippen molar-refractivity contribution in [2.24, 2.45) is 0 Å². The maximum atomic E-state index is 11.4. The number of nitrogens with two attached hydrogens (primary N) is 1. The van der Waals surface area contributed by atoms with Crippen LogP contribution < -0.4 is 16.0 Å². The first-order valence-corrected chi connectivity index (χ1v) is 5.69. The van der Waals surface area contributed by atoms with Gasteiger partial charge < -0.3 is 16.0 Å². The SMILES string of the molecule is CCCN(CC(=O)NC)c1ncnc(N)c1Cl. The van der Waals surface area contributed by atoms with E-state index >= 15 is 0 Å². The summed E-state index contributed by atoms with van der Waals surface area (Å²) in [5.41, 5.74) is 5.61. The summed E-state index contributed by atoms with van der Waals surface area (Å²) in [5, 5.41) is 2.84.